The molecule has 0 saturated carbocycles. The molecular weight excluding hydrogens is 756 g/mol. The van der Waals surface area contributed by atoms with E-state index in [0.29, 0.717) is 33.0 Å². The van der Waals surface area contributed by atoms with Crippen molar-refractivity contribution in [2.45, 2.75) is 230 Å². The Bertz CT molecular complexity index is 762. The quantitative estimate of drug-likeness (QED) is 0.0409. The second-order valence-electron chi connectivity index (χ2n) is 16.7. The van der Waals surface area contributed by atoms with Gasteiger partial charge in [-0.05, 0) is 77.0 Å². The first-order valence-corrected chi connectivity index (χ1v) is 27.8. The maximum Gasteiger partial charge on any atom is 0.405 e. The molecule has 3 N–H and O–H groups in total. The van der Waals surface area contributed by atoms with Gasteiger partial charge >= 0.3 is 7.75 Å². The summed E-state index contributed by atoms with van der Waals surface area (Å²) in [6.45, 7) is 7.54. The molecule has 56 heavy (non-hydrogen) atoms. The van der Waals surface area contributed by atoms with Crippen molar-refractivity contribution in [3.05, 3.63) is 0 Å². The minimum atomic E-state index is -3.30. The minimum absolute atomic E-state index is 0.314. The lowest BCUT2D eigenvalue weighted by Crippen LogP contribution is -2.26. The average Bonchev–Trinajstić information content (AvgIpc) is 3.18. The van der Waals surface area contributed by atoms with Crippen LogP contribution in [0.3, 0.4) is 0 Å². The van der Waals surface area contributed by atoms with Crippen molar-refractivity contribution in [3.63, 3.8) is 0 Å². The molecule has 0 bridgehead atoms. The molecule has 0 aliphatic carbocycles. The third kappa shape index (κ3) is 41.4. The van der Waals surface area contributed by atoms with E-state index in [2.05, 4.69) is 47.4 Å². The number of rotatable bonds is 48. The van der Waals surface area contributed by atoms with Crippen molar-refractivity contribution in [1.29, 1.82) is 0 Å². The van der Waals surface area contributed by atoms with E-state index in [4.69, 9.17) is 9.05 Å². The van der Waals surface area contributed by atoms with E-state index >= 15 is 0 Å². The number of nitrogens with one attached hydrogen (secondary N) is 1. The van der Waals surface area contributed by atoms with Crippen LogP contribution < -0.4 is 5.09 Å². The molecule has 0 fully saturated rings. The van der Waals surface area contributed by atoms with Crippen molar-refractivity contribution in [1.82, 2.24) is 9.99 Å². The number of thioether (sulfide) groups is 2. The molecule has 7 nitrogen and oxygen atoms in total. The van der Waals surface area contributed by atoms with Crippen LogP contribution in [-0.2, 0) is 13.6 Å². The highest BCUT2D eigenvalue weighted by atomic mass is 32.2. The van der Waals surface area contributed by atoms with Gasteiger partial charge in [0.25, 0.3) is 0 Å². The molecule has 0 saturated heterocycles. The van der Waals surface area contributed by atoms with Gasteiger partial charge in [-0.3, -0.25) is 9.05 Å². The van der Waals surface area contributed by atoms with Gasteiger partial charge in [-0.15, -0.1) is 0 Å². The molecule has 0 spiro atoms. The van der Waals surface area contributed by atoms with Crippen molar-refractivity contribution < 1.29 is 23.8 Å². The summed E-state index contributed by atoms with van der Waals surface area (Å²) in [5, 5.41) is 23.1. The molecule has 0 aromatic heterocycles. The second-order valence-corrected chi connectivity index (χ2v) is 21.3. The Kier molecular flexibility index (Phi) is 45.8. The lowest BCUT2D eigenvalue weighted by atomic mass is 10.0. The summed E-state index contributed by atoms with van der Waals surface area (Å²) < 4.78 is 25.4. The van der Waals surface area contributed by atoms with Crippen molar-refractivity contribution in [2.24, 2.45) is 0 Å². The van der Waals surface area contributed by atoms with E-state index in [0.717, 1.165) is 67.1 Å². The van der Waals surface area contributed by atoms with E-state index in [-0.39, 0.29) is 0 Å². The smallest absolute Gasteiger partial charge is 0.396 e. The monoisotopic (exact) mass is 853 g/mol. The molecule has 0 amide bonds. The van der Waals surface area contributed by atoms with Gasteiger partial charge in [-0.25, -0.2) is 9.65 Å². The van der Waals surface area contributed by atoms with E-state index in [1.807, 2.05) is 14.1 Å². The highest BCUT2D eigenvalue weighted by Crippen LogP contribution is 2.44. The van der Waals surface area contributed by atoms with Crippen molar-refractivity contribution in [3.8, 4) is 0 Å². The summed E-state index contributed by atoms with van der Waals surface area (Å²) in [7, 11) is 0.748. The zero-order valence-electron chi connectivity index (χ0n) is 37.8. The molecule has 2 unspecified atom stereocenters. The standard InChI is InChI=1S/C46H97N2O5PS2/c1-5-7-9-11-19-25-33-45(55-43-31-39-49)35-27-21-15-13-17-23-29-41-52-54(51,47-37-38-48(3)4)53-42-30-24-18-14-16-22-28-36-46(56-44-32-40-50)34-26-20-12-10-8-6-2/h45-46,49-50H,5-44H2,1-4H3,(H,47,51)/t45-,46?,54?/m0/s1. The van der Waals surface area contributed by atoms with Gasteiger partial charge in [-0.1, -0.05) is 168 Å². The van der Waals surface area contributed by atoms with Crippen LogP contribution in [0.5, 0.6) is 0 Å². The van der Waals surface area contributed by atoms with E-state index < -0.39 is 7.75 Å². The maximum atomic E-state index is 13.5. The highest BCUT2D eigenvalue weighted by Gasteiger charge is 2.23. The Morgan fingerprint density at radius 3 is 1.14 bits per heavy atom. The second kappa shape index (κ2) is 45.2. The number of aliphatic hydroxyl groups is 2. The van der Waals surface area contributed by atoms with Gasteiger partial charge in [0, 0.05) is 36.8 Å². The predicted octanol–water partition coefficient (Wildman–Crippen LogP) is 14.0. The molecule has 0 rings (SSSR count). The van der Waals surface area contributed by atoms with Gasteiger partial charge < -0.3 is 15.1 Å². The SMILES string of the molecule is CCCCCCCCC(CCCCCCCCCOP(=O)(NCCN(C)C)OCCCCCCCCC[C@H](CCCCCCCC)SCCCO)SCCCO. The molecule has 0 heterocycles. The fourth-order valence-corrected chi connectivity index (χ4v) is 11.1. The zero-order valence-corrected chi connectivity index (χ0v) is 40.3. The summed E-state index contributed by atoms with van der Waals surface area (Å²) in [5.41, 5.74) is 0. The Balaban J connectivity index is 4.18. The van der Waals surface area contributed by atoms with Gasteiger partial charge in [0.2, 0.25) is 0 Å². The first kappa shape index (κ1) is 56.7. The van der Waals surface area contributed by atoms with Crippen LogP contribution in [-0.4, -0.2) is 90.7 Å². The number of hydrogen-bond acceptors (Lipinski definition) is 8. The molecule has 3 atom stereocenters. The third-order valence-corrected chi connectivity index (χ3v) is 15.4. The highest BCUT2D eigenvalue weighted by molar-refractivity contribution is 8.00. The fraction of sp³-hybridized carbons (Fsp3) is 1.00. The van der Waals surface area contributed by atoms with Crippen LogP contribution in [0.15, 0.2) is 0 Å². The summed E-state index contributed by atoms with van der Waals surface area (Å²) in [4.78, 5) is 2.08. The van der Waals surface area contributed by atoms with Crippen LogP contribution in [0.25, 0.3) is 0 Å². The van der Waals surface area contributed by atoms with Crippen LogP contribution in [0.1, 0.15) is 219 Å². The normalized spacial score (nSPS) is 14.1. The van der Waals surface area contributed by atoms with E-state index in [1.54, 1.807) is 0 Å². The maximum absolute atomic E-state index is 13.5. The third-order valence-electron chi connectivity index (χ3n) is 10.8. The summed E-state index contributed by atoms with van der Waals surface area (Å²) in [5.74, 6) is 2.19. The molecule has 338 valence electrons. The van der Waals surface area contributed by atoms with Gasteiger partial charge in [0.15, 0.2) is 0 Å². The lowest BCUT2D eigenvalue weighted by molar-refractivity contribution is 0.188. The Morgan fingerprint density at radius 2 is 0.821 bits per heavy atom. The minimum Gasteiger partial charge on any atom is -0.396 e. The topological polar surface area (TPSA) is 91.3 Å². The van der Waals surface area contributed by atoms with Gasteiger partial charge in [0.05, 0.1) is 13.2 Å². The Labute approximate surface area is 358 Å². The number of nitrogens with zero attached hydrogens (tertiary/aromatic N) is 1. The molecule has 0 aromatic rings. The summed E-state index contributed by atoms with van der Waals surface area (Å²) in [6.07, 6.45) is 40.4. The number of likely N-dealkylation sites (N-methyl/N-ethyl adjacent to an activating group) is 1. The number of hydrogen-bond donors (Lipinski definition) is 3. The largest absolute Gasteiger partial charge is 0.405 e. The van der Waals surface area contributed by atoms with Crippen molar-refractivity contribution in [2.75, 3.05) is 65.1 Å². The van der Waals surface area contributed by atoms with Crippen LogP contribution in [0.2, 0.25) is 0 Å². The first-order valence-electron chi connectivity index (χ1n) is 24.1. The molecule has 0 aliphatic heterocycles. The summed E-state index contributed by atoms with van der Waals surface area (Å²) >= 11 is 4.19. The molecule has 0 radical (unpaired) electrons. The van der Waals surface area contributed by atoms with Crippen molar-refractivity contribution >= 4 is 31.3 Å². The zero-order chi connectivity index (χ0) is 41.1. The average molecular weight is 853 g/mol. The molecule has 0 aliphatic rings. The summed E-state index contributed by atoms with van der Waals surface area (Å²) in [6, 6.07) is 0. The number of unbranched alkanes of at least 4 members (excludes halogenated alkanes) is 22. The van der Waals surface area contributed by atoms with Crippen LogP contribution >= 0.6 is 31.3 Å². The van der Waals surface area contributed by atoms with Crippen LogP contribution in [0, 0.1) is 0 Å². The molecular formula is C46H97N2O5PS2. The predicted molar refractivity (Wildman–Crippen MR) is 252 cm³/mol. The number of aliphatic hydroxyl groups excluding tert-OH is 2. The van der Waals surface area contributed by atoms with Crippen LogP contribution in [0.4, 0.5) is 0 Å². The Morgan fingerprint density at radius 1 is 0.500 bits per heavy atom. The van der Waals surface area contributed by atoms with Gasteiger partial charge in [-0.2, -0.15) is 23.5 Å². The van der Waals surface area contributed by atoms with Gasteiger partial charge in [0.1, 0.15) is 0 Å². The van der Waals surface area contributed by atoms with E-state index in [1.165, 1.54) is 167 Å². The van der Waals surface area contributed by atoms with E-state index in [9.17, 15) is 14.8 Å². The molecule has 10 heteroatoms. The Hall–Kier alpha value is 0.690. The fourth-order valence-electron chi connectivity index (χ4n) is 7.18. The molecule has 0 aromatic carbocycles. The first-order chi connectivity index (χ1) is 27.4. The lowest BCUT2D eigenvalue weighted by Gasteiger charge is -2.20.